The molecule has 0 atom stereocenters. The number of hydrogen-bond acceptors (Lipinski definition) is 4. The van der Waals surface area contributed by atoms with Crippen molar-refractivity contribution in [3.8, 4) is 0 Å². The van der Waals surface area contributed by atoms with Gasteiger partial charge < -0.3 is 19.4 Å². The molecular weight excluding hydrogens is 308 g/mol. The van der Waals surface area contributed by atoms with Gasteiger partial charge in [-0.15, -0.1) is 0 Å². The van der Waals surface area contributed by atoms with Gasteiger partial charge in [-0.3, -0.25) is 4.79 Å². The number of pyridine rings is 1. The zero-order chi connectivity index (χ0) is 17.1. The first-order valence-electron chi connectivity index (χ1n) is 8.24. The van der Waals surface area contributed by atoms with Gasteiger partial charge in [0.15, 0.2) is 0 Å². The van der Waals surface area contributed by atoms with Crippen molar-refractivity contribution in [2.45, 2.75) is 32.7 Å². The molecule has 2 aromatic heterocycles. The Labute approximate surface area is 140 Å². The lowest BCUT2D eigenvalue weighted by Crippen LogP contribution is -2.46. The van der Waals surface area contributed by atoms with Crippen LogP contribution in [0.2, 0.25) is 0 Å². The van der Waals surface area contributed by atoms with Gasteiger partial charge >= 0.3 is 6.09 Å². The van der Waals surface area contributed by atoms with E-state index < -0.39 is 0 Å². The first-order chi connectivity index (χ1) is 11.6. The normalized spacial score (nSPS) is 15.5. The van der Waals surface area contributed by atoms with Crippen LogP contribution in [0.1, 0.15) is 35.8 Å². The molecule has 7 heteroatoms. The molecule has 3 rings (SSSR count). The number of aromatic nitrogens is 2. The summed E-state index contributed by atoms with van der Waals surface area (Å²) in [5.41, 5.74) is 2.28. The summed E-state index contributed by atoms with van der Waals surface area (Å²) >= 11 is 0. The van der Waals surface area contributed by atoms with Gasteiger partial charge in [0.05, 0.1) is 6.61 Å². The Balaban J connectivity index is 1.58. The van der Waals surface area contributed by atoms with Crippen LogP contribution in [-0.4, -0.2) is 52.0 Å². The molecule has 24 heavy (non-hydrogen) atoms. The summed E-state index contributed by atoms with van der Waals surface area (Å²) in [7, 11) is 0. The maximum absolute atomic E-state index is 12.4. The smallest absolute Gasteiger partial charge is 0.409 e. The van der Waals surface area contributed by atoms with Gasteiger partial charge in [0.25, 0.3) is 5.91 Å². The van der Waals surface area contributed by atoms with E-state index in [9.17, 15) is 9.59 Å². The minimum Gasteiger partial charge on any atom is -0.450 e. The average molecular weight is 330 g/mol. The first-order valence-corrected chi connectivity index (χ1v) is 8.24. The summed E-state index contributed by atoms with van der Waals surface area (Å²) in [6.45, 7) is 5.35. The molecule has 0 radical (unpaired) electrons. The number of carbonyl (C=O) groups is 2. The second-order valence-corrected chi connectivity index (χ2v) is 6.03. The number of ether oxygens (including phenoxy) is 1. The monoisotopic (exact) mass is 330 g/mol. The molecule has 2 aromatic rings. The van der Waals surface area contributed by atoms with Crippen molar-refractivity contribution in [2.24, 2.45) is 0 Å². The Hall–Kier alpha value is -2.57. The number of nitrogens with zero attached hydrogens (tertiary/aromatic N) is 3. The lowest BCUT2D eigenvalue weighted by atomic mass is 10.1. The molecule has 1 aliphatic rings. The largest absolute Gasteiger partial charge is 0.450 e. The molecule has 1 aliphatic heterocycles. The summed E-state index contributed by atoms with van der Waals surface area (Å²) in [5, 5.41) is 3.01. The Morgan fingerprint density at radius 1 is 1.38 bits per heavy atom. The van der Waals surface area contributed by atoms with Crippen molar-refractivity contribution < 1.29 is 14.3 Å². The fourth-order valence-electron chi connectivity index (χ4n) is 2.87. The molecule has 2 amide bonds. The third-order valence-electron chi connectivity index (χ3n) is 4.20. The summed E-state index contributed by atoms with van der Waals surface area (Å²) in [4.78, 5) is 30.1. The zero-order valence-electron chi connectivity index (χ0n) is 14.0. The van der Waals surface area contributed by atoms with Gasteiger partial charge in [0.1, 0.15) is 11.3 Å². The highest BCUT2D eigenvalue weighted by molar-refractivity contribution is 5.93. The van der Waals surface area contributed by atoms with Gasteiger partial charge in [0, 0.05) is 31.5 Å². The van der Waals surface area contributed by atoms with E-state index in [1.807, 2.05) is 29.7 Å². The van der Waals surface area contributed by atoms with Crippen LogP contribution in [0.25, 0.3) is 5.65 Å². The van der Waals surface area contributed by atoms with E-state index in [1.165, 1.54) is 0 Å². The number of hydrogen-bond donors (Lipinski definition) is 1. The SMILES string of the molecule is CCOC(=O)N1CCC(NC(=O)c2cn3ccc(C)cc3n2)CC1. The van der Waals surface area contributed by atoms with E-state index in [-0.39, 0.29) is 18.0 Å². The van der Waals surface area contributed by atoms with Gasteiger partial charge in [-0.2, -0.15) is 0 Å². The molecule has 0 unspecified atom stereocenters. The van der Waals surface area contributed by atoms with E-state index in [1.54, 1.807) is 18.0 Å². The highest BCUT2D eigenvalue weighted by Crippen LogP contribution is 2.13. The number of carbonyl (C=O) groups excluding carboxylic acids is 2. The van der Waals surface area contributed by atoms with Crippen LogP contribution in [0, 0.1) is 6.92 Å². The van der Waals surface area contributed by atoms with Crippen molar-refractivity contribution in [1.29, 1.82) is 0 Å². The molecule has 1 N–H and O–H groups in total. The summed E-state index contributed by atoms with van der Waals surface area (Å²) in [6.07, 6.45) is 4.79. The lowest BCUT2D eigenvalue weighted by molar-refractivity contribution is 0.0857. The number of aryl methyl sites for hydroxylation is 1. The van der Waals surface area contributed by atoms with Crippen LogP contribution >= 0.6 is 0 Å². The van der Waals surface area contributed by atoms with Gasteiger partial charge in [-0.25, -0.2) is 9.78 Å². The number of likely N-dealkylation sites (tertiary alicyclic amines) is 1. The van der Waals surface area contributed by atoms with Crippen LogP contribution in [0.3, 0.4) is 0 Å². The summed E-state index contributed by atoms with van der Waals surface area (Å²) < 4.78 is 6.84. The Morgan fingerprint density at radius 3 is 2.83 bits per heavy atom. The molecule has 0 spiro atoms. The van der Waals surface area contributed by atoms with E-state index in [0.29, 0.717) is 25.4 Å². The van der Waals surface area contributed by atoms with Crippen molar-refractivity contribution >= 4 is 17.6 Å². The van der Waals surface area contributed by atoms with Gasteiger partial charge in [-0.05, 0) is 44.4 Å². The minimum atomic E-state index is -0.280. The average Bonchev–Trinajstić information content (AvgIpc) is 2.99. The van der Waals surface area contributed by atoms with Crippen LogP contribution < -0.4 is 5.32 Å². The molecule has 0 bridgehead atoms. The van der Waals surface area contributed by atoms with Crippen LogP contribution in [0.4, 0.5) is 4.79 Å². The van der Waals surface area contributed by atoms with Crippen LogP contribution in [-0.2, 0) is 4.74 Å². The second-order valence-electron chi connectivity index (χ2n) is 6.03. The number of piperidine rings is 1. The van der Waals surface area contributed by atoms with Crippen molar-refractivity contribution in [2.75, 3.05) is 19.7 Å². The molecule has 7 nitrogen and oxygen atoms in total. The predicted molar refractivity (Wildman–Crippen MR) is 89.0 cm³/mol. The van der Waals surface area contributed by atoms with Crippen molar-refractivity contribution in [3.63, 3.8) is 0 Å². The Morgan fingerprint density at radius 2 is 2.12 bits per heavy atom. The van der Waals surface area contributed by atoms with Crippen molar-refractivity contribution in [1.82, 2.24) is 19.6 Å². The third kappa shape index (κ3) is 3.50. The zero-order valence-corrected chi connectivity index (χ0v) is 14.0. The van der Waals surface area contributed by atoms with Crippen LogP contribution in [0.15, 0.2) is 24.5 Å². The fourth-order valence-corrected chi connectivity index (χ4v) is 2.87. The molecule has 0 aliphatic carbocycles. The molecule has 3 heterocycles. The van der Waals surface area contributed by atoms with E-state index in [4.69, 9.17) is 4.74 Å². The van der Waals surface area contributed by atoms with E-state index >= 15 is 0 Å². The first kappa shape index (κ1) is 16.3. The Bertz CT molecular complexity index is 747. The maximum atomic E-state index is 12.4. The number of fused-ring (bicyclic) bond motifs is 1. The van der Waals surface area contributed by atoms with E-state index in [2.05, 4.69) is 10.3 Å². The quantitative estimate of drug-likeness (QED) is 0.934. The van der Waals surface area contributed by atoms with Crippen LogP contribution in [0.5, 0.6) is 0 Å². The molecule has 0 aromatic carbocycles. The predicted octanol–water partition coefficient (Wildman–Crippen LogP) is 1.99. The third-order valence-corrected chi connectivity index (χ3v) is 4.20. The minimum absolute atomic E-state index is 0.0507. The second kappa shape index (κ2) is 6.90. The summed E-state index contributed by atoms with van der Waals surface area (Å²) in [6, 6.07) is 3.96. The van der Waals surface area contributed by atoms with Gasteiger partial charge in [0.2, 0.25) is 0 Å². The molecule has 128 valence electrons. The highest BCUT2D eigenvalue weighted by atomic mass is 16.6. The number of nitrogens with one attached hydrogen (secondary N) is 1. The van der Waals surface area contributed by atoms with Gasteiger partial charge in [-0.1, -0.05) is 0 Å². The van der Waals surface area contributed by atoms with E-state index in [0.717, 1.165) is 24.1 Å². The molecular formula is C17H22N4O3. The number of amides is 2. The lowest BCUT2D eigenvalue weighted by Gasteiger charge is -2.31. The topological polar surface area (TPSA) is 75.9 Å². The molecule has 0 saturated carbocycles. The number of rotatable bonds is 3. The maximum Gasteiger partial charge on any atom is 0.409 e. The summed E-state index contributed by atoms with van der Waals surface area (Å²) in [5.74, 6) is -0.175. The van der Waals surface area contributed by atoms with Crippen molar-refractivity contribution in [3.05, 3.63) is 35.8 Å². The standard InChI is InChI=1S/C17H22N4O3/c1-3-24-17(23)20-8-5-13(6-9-20)18-16(22)14-11-21-7-4-12(2)10-15(21)19-14/h4,7,10-11,13H,3,5-6,8-9H2,1-2H3,(H,18,22). The number of imidazole rings is 1. The Kier molecular flexibility index (Phi) is 4.69. The molecule has 1 fully saturated rings. The highest BCUT2D eigenvalue weighted by Gasteiger charge is 2.25. The molecule has 1 saturated heterocycles. The fraction of sp³-hybridized carbons (Fsp3) is 0.471.